The predicted octanol–water partition coefficient (Wildman–Crippen LogP) is 0.967. The first-order chi connectivity index (χ1) is 6.44. The minimum atomic E-state index is -3.36. The molecule has 0 aromatic heterocycles. The smallest absolute Gasteiger partial charge is 0.264 e. The maximum atomic E-state index is 10.7. The fourth-order valence-electron chi connectivity index (χ4n) is 2.12. The van der Waals surface area contributed by atoms with E-state index in [4.69, 9.17) is 9.44 Å². The third-order valence-corrected chi connectivity index (χ3v) is 3.39. The van der Waals surface area contributed by atoms with Crippen LogP contribution in [0.25, 0.3) is 0 Å². The standard InChI is InChI=1S/C9H11NO3S/c1-14(11,12)13-5-8-4-9(6-10)2-7(8)3-9/h2-5H2,1H3. The molecule has 5 heteroatoms. The summed E-state index contributed by atoms with van der Waals surface area (Å²) in [5.74, 6) is 0. The Morgan fingerprint density at radius 1 is 1.50 bits per heavy atom. The Morgan fingerprint density at radius 3 is 2.57 bits per heavy atom. The van der Waals surface area contributed by atoms with E-state index in [2.05, 4.69) is 6.07 Å². The zero-order valence-electron chi connectivity index (χ0n) is 7.91. The van der Waals surface area contributed by atoms with Crippen molar-refractivity contribution in [1.29, 1.82) is 5.26 Å². The second-order valence-corrected chi connectivity index (χ2v) is 5.74. The van der Waals surface area contributed by atoms with Crippen LogP contribution < -0.4 is 0 Å². The summed E-state index contributed by atoms with van der Waals surface area (Å²) in [6, 6.07) is 2.29. The van der Waals surface area contributed by atoms with Gasteiger partial charge in [-0.1, -0.05) is 5.57 Å². The van der Waals surface area contributed by atoms with Gasteiger partial charge in [0.2, 0.25) is 0 Å². The molecule has 0 saturated heterocycles. The Kier molecular flexibility index (Phi) is 1.95. The molecule has 0 amide bonds. The molecule has 1 saturated carbocycles. The number of nitriles is 1. The zero-order valence-corrected chi connectivity index (χ0v) is 8.73. The molecule has 2 bridgehead atoms. The average Bonchev–Trinajstić information content (AvgIpc) is 2.51. The number of hydrogen-bond acceptors (Lipinski definition) is 4. The molecule has 3 aliphatic carbocycles. The molecule has 0 aromatic rings. The molecule has 0 unspecified atom stereocenters. The minimum absolute atomic E-state index is 0.137. The second-order valence-electron chi connectivity index (χ2n) is 4.10. The summed E-state index contributed by atoms with van der Waals surface area (Å²) in [6.45, 7) is 0.137. The lowest BCUT2D eigenvalue weighted by Crippen LogP contribution is -2.22. The van der Waals surface area contributed by atoms with Crippen molar-refractivity contribution in [1.82, 2.24) is 0 Å². The van der Waals surface area contributed by atoms with Crippen molar-refractivity contribution in [2.45, 2.75) is 19.3 Å². The summed E-state index contributed by atoms with van der Waals surface area (Å²) in [7, 11) is -3.36. The van der Waals surface area contributed by atoms with Crippen molar-refractivity contribution in [2.24, 2.45) is 5.41 Å². The molecule has 14 heavy (non-hydrogen) atoms. The van der Waals surface area contributed by atoms with Crippen molar-refractivity contribution < 1.29 is 12.6 Å². The Balaban J connectivity index is 1.99. The monoisotopic (exact) mass is 213 g/mol. The van der Waals surface area contributed by atoms with Gasteiger partial charge in [0.15, 0.2) is 0 Å². The fraction of sp³-hybridized carbons (Fsp3) is 0.667. The fourth-order valence-corrected chi connectivity index (χ4v) is 2.48. The van der Waals surface area contributed by atoms with Gasteiger partial charge in [-0.2, -0.15) is 13.7 Å². The van der Waals surface area contributed by atoms with Crippen LogP contribution in [0.1, 0.15) is 19.3 Å². The lowest BCUT2D eigenvalue weighted by atomic mass is 9.72. The maximum Gasteiger partial charge on any atom is 0.264 e. The largest absolute Gasteiger partial charge is 0.266 e. The third kappa shape index (κ3) is 1.56. The minimum Gasteiger partial charge on any atom is -0.266 e. The molecule has 76 valence electrons. The van der Waals surface area contributed by atoms with E-state index in [0.717, 1.165) is 24.7 Å². The van der Waals surface area contributed by atoms with Crippen LogP contribution in [0.5, 0.6) is 0 Å². The topological polar surface area (TPSA) is 67.2 Å². The van der Waals surface area contributed by atoms with Crippen LogP contribution in [-0.4, -0.2) is 21.3 Å². The molecule has 3 aliphatic rings. The van der Waals surface area contributed by atoms with E-state index in [-0.39, 0.29) is 12.0 Å². The van der Waals surface area contributed by atoms with Gasteiger partial charge >= 0.3 is 0 Å². The van der Waals surface area contributed by atoms with E-state index < -0.39 is 10.1 Å². The Bertz CT molecular complexity index is 433. The third-order valence-electron chi connectivity index (χ3n) is 2.84. The summed E-state index contributed by atoms with van der Waals surface area (Å²) in [5, 5.41) is 8.87. The number of allylic oxidation sites excluding steroid dienone is 1. The van der Waals surface area contributed by atoms with E-state index in [1.165, 1.54) is 5.57 Å². The van der Waals surface area contributed by atoms with Crippen molar-refractivity contribution in [3.8, 4) is 6.07 Å². The van der Waals surface area contributed by atoms with Gasteiger partial charge < -0.3 is 0 Å². The van der Waals surface area contributed by atoms with E-state index in [9.17, 15) is 8.42 Å². The van der Waals surface area contributed by atoms with Gasteiger partial charge in [-0.3, -0.25) is 4.18 Å². The van der Waals surface area contributed by atoms with Crippen molar-refractivity contribution in [3.63, 3.8) is 0 Å². The SMILES string of the molecule is CS(=O)(=O)OCC1=C2CC(C#N)(C1)C2. The zero-order chi connectivity index (χ0) is 10.4. The first kappa shape index (κ1) is 9.69. The number of rotatable bonds is 3. The van der Waals surface area contributed by atoms with Crippen molar-refractivity contribution in [2.75, 3.05) is 12.9 Å². The second kappa shape index (κ2) is 2.81. The van der Waals surface area contributed by atoms with Crippen LogP contribution in [0.3, 0.4) is 0 Å². The first-order valence-electron chi connectivity index (χ1n) is 4.40. The molecule has 4 nitrogen and oxygen atoms in total. The van der Waals surface area contributed by atoms with Gasteiger partial charge in [-0.15, -0.1) is 0 Å². The van der Waals surface area contributed by atoms with Crippen molar-refractivity contribution >= 4 is 10.1 Å². The molecule has 0 heterocycles. The molecule has 0 atom stereocenters. The van der Waals surface area contributed by atoms with Crippen LogP contribution in [-0.2, 0) is 14.3 Å². The molecule has 0 N–H and O–H groups in total. The molecule has 1 fully saturated rings. The van der Waals surface area contributed by atoms with E-state index in [1.54, 1.807) is 0 Å². The summed E-state index contributed by atoms with van der Waals surface area (Å²) in [5.41, 5.74) is 2.01. The molecule has 0 radical (unpaired) electrons. The lowest BCUT2D eigenvalue weighted by molar-refractivity contribution is 0.330. The molecular weight excluding hydrogens is 202 g/mol. The van der Waals surface area contributed by atoms with Crippen LogP contribution in [0.4, 0.5) is 0 Å². The molecular formula is C9H11NO3S. The lowest BCUT2D eigenvalue weighted by Gasteiger charge is -2.28. The number of fused-ring (bicyclic) bond motifs is 1. The Morgan fingerprint density at radius 2 is 2.14 bits per heavy atom. The normalized spacial score (nSPS) is 23.1. The summed E-state index contributed by atoms with van der Waals surface area (Å²) in [6.07, 6.45) is 3.35. The average molecular weight is 213 g/mol. The van der Waals surface area contributed by atoms with Crippen molar-refractivity contribution in [3.05, 3.63) is 11.1 Å². The highest BCUT2D eigenvalue weighted by atomic mass is 32.2. The van der Waals surface area contributed by atoms with E-state index in [1.807, 2.05) is 0 Å². The van der Waals surface area contributed by atoms with Crippen LogP contribution >= 0.6 is 0 Å². The predicted molar refractivity (Wildman–Crippen MR) is 49.7 cm³/mol. The summed E-state index contributed by atoms with van der Waals surface area (Å²) < 4.78 is 26.2. The molecule has 3 rings (SSSR count). The van der Waals surface area contributed by atoms with Gasteiger partial charge in [0.05, 0.1) is 24.3 Å². The van der Waals surface area contributed by atoms with Gasteiger partial charge in [-0.25, -0.2) is 0 Å². The van der Waals surface area contributed by atoms with Gasteiger partial charge in [-0.05, 0) is 24.8 Å². The van der Waals surface area contributed by atoms with Gasteiger partial charge in [0, 0.05) is 0 Å². The highest BCUT2D eigenvalue weighted by Gasteiger charge is 2.49. The highest BCUT2D eigenvalue weighted by Crippen LogP contribution is 2.57. The van der Waals surface area contributed by atoms with Crippen LogP contribution in [0, 0.1) is 16.7 Å². The number of hydrogen-bond donors (Lipinski definition) is 0. The quantitative estimate of drug-likeness (QED) is 0.517. The molecule has 0 aromatic carbocycles. The van der Waals surface area contributed by atoms with Crippen LogP contribution in [0.2, 0.25) is 0 Å². The maximum absolute atomic E-state index is 10.7. The molecule has 0 aliphatic heterocycles. The van der Waals surface area contributed by atoms with Gasteiger partial charge in [0.1, 0.15) is 0 Å². The van der Waals surface area contributed by atoms with Gasteiger partial charge in [0.25, 0.3) is 10.1 Å². The highest BCUT2D eigenvalue weighted by molar-refractivity contribution is 7.85. The summed E-state index contributed by atoms with van der Waals surface area (Å²) in [4.78, 5) is 0. The first-order valence-corrected chi connectivity index (χ1v) is 6.21. The Labute approximate surface area is 83.3 Å². The molecule has 0 spiro atoms. The van der Waals surface area contributed by atoms with Crippen LogP contribution in [0.15, 0.2) is 11.1 Å². The number of nitrogens with zero attached hydrogens (tertiary/aromatic N) is 1. The summed E-state index contributed by atoms with van der Waals surface area (Å²) >= 11 is 0. The van der Waals surface area contributed by atoms with E-state index >= 15 is 0 Å². The Hall–Kier alpha value is -0.860. The van der Waals surface area contributed by atoms with E-state index in [0.29, 0.717) is 6.42 Å².